The van der Waals surface area contributed by atoms with Crippen molar-refractivity contribution in [2.24, 2.45) is 0 Å². The second kappa shape index (κ2) is 6.55. The fourth-order valence-corrected chi connectivity index (χ4v) is 3.22. The molecule has 0 saturated carbocycles. The van der Waals surface area contributed by atoms with Crippen LogP contribution < -0.4 is 0 Å². The molecule has 0 spiro atoms. The number of hydrogen-bond acceptors (Lipinski definition) is 2. The van der Waals surface area contributed by atoms with Gasteiger partial charge in [-0.25, -0.2) is 0 Å². The van der Waals surface area contributed by atoms with Gasteiger partial charge in [0, 0.05) is 19.5 Å². The van der Waals surface area contributed by atoms with Crippen LogP contribution in [0.1, 0.15) is 47.3 Å². The van der Waals surface area contributed by atoms with Crippen molar-refractivity contribution in [1.29, 1.82) is 0 Å². The molecule has 1 N–H and O–H groups in total. The second-order valence-corrected chi connectivity index (χ2v) is 6.26. The third kappa shape index (κ3) is 3.30. The molecule has 3 heteroatoms. The summed E-state index contributed by atoms with van der Waals surface area (Å²) in [5.41, 5.74) is 5.37. The highest BCUT2D eigenvalue weighted by Gasteiger charge is 2.21. The van der Waals surface area contributed by atoms with Crippen LogP contribution in [0.5, 0.6) is 0 Å². The fraction of sp³-hybridized carbons (Fsp3) is 0.350. The maximum absolute atomic E-state index is 11.9. The Labute approximate surface area is 137 Å². The normalized spacial score (nSPS) is 15.2. The predicted molar refractivity (Wildman–Crippen MR) is 91.1 cm³/mol. The van der Waals surface area contributed by atoms with Crippen LogP contribution >= 0.6 is 0 Å². The van der Waals surface area contributed by atoms with Gasteiger partial charge in [0.25, 0.3) is 0 Å². The number of amides is 1. The minimum atomic E-state index is -0.627. The fourth-order valence-electron chi connectivity index (χ4n) is 3.22. The van der Waals surface area contributed by atoms with Crippen LogP contribution in [0.25, 0.3) is 0 Å². The minimum Gasteiger partial charge on any atom is -0.384 e. The van der Waals surface area contributed by atoms with Gasteiger partial charge in [-0.1, -0.05) is 55.0 Å². The van der Waals surface area contributed by atoms with E-state index in [0.717, 1.165) is 35.2 Å². The van der Waals surface area contributed by atoms with Gasteiger partial charge in [0.15, 0.2) is 0 Å². The molecule has 0 bridgehead atoms. The number of fused-ring (bicyclic) bond motifs is 1. The maximum Gasteiger partial charge on any atom is 0.222 e. The summed E-state index contributed by atoms with van der Waals surface area (Å²) in [6.07, 6.45) is 0.806. The zero-order valence-electron chi connectivity index (χ0n) is 13.7. The van der Waals surface area contributed by atoms with E-state index >= 15 is 0 Å². The number of aryl methyl sites for hydroxylation is 1. The highest BCUT2D eigenvalue weighted by atomic mass is 16.3. The lowest BCUT2D eigenvalue weighted by molar-refractivity contribution is -0.131. The lowest BCUT2D eigenvalue weighted by Gasteiger charge is -2.29. The molecule has 3 nitrogen and oxygen atoms in total. The van der Waals surface area contributed by atoms with E-state index in [9.17, 15) is 9.90 Å². The van der Waals surface area contributed by atoms with E-state index in [2.05, 4.69) is 12.1 Å². The molecule has 2 aromatic rings. The van der Waals surface area contributed by atoms with E-state index in [1.807, 2.05) is 49.1 Å². The van der Waals surface area contributed by atoms with Crippen LogP contribution in [0, 0.1) is 6.92 Å². The minimum absolute atomic E-state index is 0.195. The van der Waals surface area contributed by atoms with Gasteiger partial charge in [0.2, 0.25) is 5.91 Å². The first-order valence-corrected chi connectivity index (χ1v) is 8.22. The number of rotatable bonds is 3. The smallest absolute Gasteiger partial charge is 0.222 e. The van der Waals surface area contributed by atoms with Crippen LogP contribution in [0.3, 0.4) is 0 Å². The molecule has 0 fully saturated rings. The largest absolute Gasteiger partial charge is 0.384 e. The van der Waals surface area contributed by atoms with Crippen molar-refractivity contribution >= 4 is 5.91 Å². The number of benzene rings is 2. The summed E-state index contributed by atoms with van der Waals surface area (Å²) < 4.78 is 0. The summed E-state index contributed by atoms with van der Waals surface area (Å²) in [7, 11) is 0. The molecular weight excluding hydrogens is 286 g/mol. The Morgan fingerprint density at radius 3 is 2.70 bits per heavy atom. The summed E-state index contributed by atoms with van der Waals surface area (Å²) >= 11 is 0. The zero-order chi connectivity index (χ0) is 16.4. The van der Waals surface area contributed by atoms with Crippen molar-refractivity contribution in [3.63, 3.8) is 0 Å². The van der Waals surface area contributed by atoms with Crippen molar-refractivity contribution in [2.45, 2.75) is 39.3 Å². The van der Waals surface area contributed by atoms with Crippen LogP contribution in [-0.4, -0.2) is 22.5 Å². The van der Waals surface area contributed by atoms with Crippen LogP contribution in [0.4, 0.5) is 0 Å². The standard InChI is InChI=1S/C20H23NO2/c1-3-19(22)21-10-9-15-7-8-17(12-18(15)13-21)20(23)16-6-4-5-14(2)11-16/h4-8,11-12,20,23H,3,9-10,13H2,1-2H3. The third-order valence-corrected chi connectivity index (χ3v) is 4.57. The molecule has 3 rings (SSSR count). The molecule has 1 amide bonds. The van der Waals surface area contributed by atoms with Gasteiger partial charge in [-0.3, -0.25) is 4.79 Å². The van der Waals surface area contributed by atoms with E-state index in [0.29, 0.717) is 13.0 Å². The number of nitrogens with zero attached hydrogens (tertiary/aromatic N) is 1. The van der Waals surface area contributed by atoms with Crippen molar-refractivity contribution < 1.29 is 9.90 Å². The molecule has 1 aliphatic rings. The summed E-state index contributed by atoms with van der Waals surface area (Å²) in [5.74, 6) is 0.195. The molecule has 1 unspecified atom stereocenters. The Morgan fingerprint density at radius 1 is 1.17 bits per heavy atom. The Bertz CT molecular complexity index is 723. The number of hydrogen-bond donors (Lipinski definition) is 1. The van der Waals surface area contributed by atoms with Gasteiger partial charge < -0.3 is 10.0 Å². The van der Waals surface area contributed by atoms with E-state index in [1.165, 1.54) is 5.56 Å². The quantitative estimate of drug-likeness (QED) is 0.944. The monoisotopic (exact) mass is 309 g/mol. The molecule has 0 radical (unpaired) electrons. The Hall–Kier alpha value is -2.13. The molecule has 23 heavy (non-hydrogen) atoms. The first kappa shape index (κ1) is 15.8. The molecule has 120 valence electrons. The first-order valence-electron chi connectivity index (χ1n) is 8.22. The number of aliphatic hydroxyl groups is 1. The maximum atomic E-state index is 11.9. The molecule has 0 saturated heterocycles. The van der Waals surface area contributed by atoms with Gasteiger partial charge >= 0.3 is 0 Å². The van der Waals surface area contributed by atoms with E-state index < -0.39 is 6.10 Å². The van der Waals surface area contributed by atoms with Crippen molar-refractivity contribution in [1.82, 2.24) is 4.90 Å². The highest BCUT2D eigenvalue weighted by Crippen LogP contribution is 2.27. The van der Waals surface area contributed by atoms with Gasteiger partial charge in [0.05, 0.1) is 0 Å². The molecule has 2 aromatic carbocycles. The lowest BCUT2D eigenvalue weighted by atomic mass is 9.93. The van der Waals surface area contributed by atoms with E-state index in [1.54, 1.807) is 0 Å². The lowest BCUT2D eigenvalue weighted by Crippen LogP contribution is -2.35. The molecular formula is C20H23NO2. The third-order valence-electron chi connectivity index (χ3n) is 4.57. The second-order valence-electron chi connectivity index (χ2n) is 6.26. The van der Waals surface area contributed by atoms with Crippen molar-refractivity contribution in [3.05, 3.63) is 70.3 Å². The number of aliphatic hydroxyl groups excluding tert-OH is 1. The summed E-state index contributed by atoms with van der Waals surface area (Å²) in [4.78, 5) is 13.8. The Balaban J connectivity index is 1.87. The average Bonchev–Trinajstić information content (AvgIpc) is 2.59. The van der Waals surface area contributed by atoms with Gasteiger partial charge in [-0.05, 0) is 35.6 Å². The Kier molecular flexibility index (Phi) is 4.49. The number of carbonyl (C=O) groups is 1. The Morgan fingerprint density at radius 2 is 1.96 bits per heavy atom. The molecule has 1 atom stereocenters. The van der Waals surface area contributed by atoms with Gasteiger partial charge in [0.1, 0.15) is 6.10 Å². The highest BCUT2D eigenvalue weighted by molar-refractivity contribution is 5.76. The summed E-state index contributed by atoms with van der Waals surface area (Å²) in [5, 5.41) is 10.7. The van der Waals surface area contributed by atoms with Crippen molar-refractivity contribution in [2.75, 3.05) is 6.54 Å². The molecule has 0 aliphatic carbocycles. The van der Waals surface area contributed by atoms with Crippen LogP contribution in [-0.2, 0) is 17.8 Å². The summed E-state index contributed by atoms with van der Waals surface area (Å²) in [6.45, 7) is 5.36. The molecule has 1 heterocycles. The number of carbonyl (C=O) groups excluding carboxylic acids is 1. The van der Waals surface area contributed by atoms with E-state index in [4.69, 9.17) is 0 Å². The first-order chi connectivity index (χ1) is 11.1. The topological polar surface area (TPSA) is 40.5 Å². The predicted octanol–water partition coefficient (Wildman–Crippen LogP) is 3.37. The van der Waals surface area contributed by atoms with E-state index in [-0.39, 0.29) is 5.91 Å². The van der Waals surface area contributed by atoms with Crippen molar-refractivity contribution in [3.8, 4) is 0 Å². The van der Waals surface area contributed by atoms with Gasteiger partial charge in [-0.2, -0.15) is 0 Å². The van der Waals surface area contributed by atoms with Gasteiger partial charge in [-0.15, -0.1) is 0 Å². The molecule has 0 aromatic heterocycles. The van der Waals surface area contributed by atoms with Crippen LogP contribution in [0.2, 0.25) is 0 Å². The van der Waals surface area contributed by atoms with Crippen LogP contribution in [0.15, 0.2) is 42.5 Å². The SMILES string of the molecule is CCC(=O)N1CCc2ccc(C(O)c3cccc(C)c3)cc2C1. The molecule has 1 aliphatic heterocycles. The summed E-state index contributed by atoms with van der Waals surface area (Å²) in [6, 6.07) is 14.1. The average molecular weight is 309 g/mol. The zero-order valence-corrected chi connectivity index (χ0v) is 13.7.